The van der Waals surface area contributed by atoms with E-state index in [1.54, 1.807) is 24.3 Å². The first-order chi connectivity index (χ1) is 12.1. The summed E-state index contributed by atoms with van der Waals surface area (Å²) in [6.45, 7) is -0.943. The molecule has 1 aromatic rings. The normalized spacial score (nSPS) is 13.6. The summed E-state index contributed by atoms with van der Waals surface area (Å²) >= 11 is 0. The number of hydrogen-bond acceptors (Lipinski definition) is 6. The summed E-state index contributed by atoms with van der Waals surface area (Å²) in [6.07, 6.45) is 3.94. The van der Waals surface area contributed by atoms with E-state index in [1.807, 2.05) is 6.07 Å². The Labute approximate surface area is 145 Å². The van der Waals surface area contributed by atoms with E-state index in [-0.39, 0.29) is 12.6 Å². The fourth-order valence-corrected chi connectivity index (χ4v) is 2.41. The number of hydrogen-bond donors (Lipinski definition) is 2. The maximum atomic E-state index is 11.6. The molecule has 0 heterocycles. The van der Waals surface area contributed by atoms with Gasteiger partial charge in [0.25, 0.3) is 5.91 Å². The molecular formula is C17H19N3O5. The zero-order valence-corrected chi connectivity index (χ0v) is 13.6. The molecule has 1 aromatic carbocycles. The van der Waals surface area contributed by atoms with Gasteiger partial charge in [-0.1, -0.05) is 12.8 Å². The van der Waals surface area contributed by atoms with E-state index in [0.29, 0.717) is 11.3 Å². The van der Waals surface area contributed by atoms with Gasteiger partial charge in [-0.25, -0.2) is 9.59 Å². The van der Waals surface area contributed by atoms with Crippen molar-refractivity contribution < 1.29 is 23.9 Å². The summed E-state index contributed by atoms with van der Waals surface area (Å²) in [6, 6.07) is 7.68. The number of carbonyl (C=O) groups is 3. The number of amides is 3. The van der Waals surface area contributed by atoms with Crippen molar-refractivity contribution in [3.63, 3.8) is 0 Å². The fraction of sp³-hybridized carbons (Fsp3) is 0.412. The Balaban J connectivity index is 1.62. The van der Waals surface area contributed by atoms with Gasteiger partial charge in [0.05, 0.1) is 11.6 Å². The van der Waals surface area contributed by atoms with Gasteiger partial charge in [0, 0.05) is 6.04 Å². The summed E-state index contributed by atoms with van der Waals surface area (Å²) in [5.74, 6) is -1.05. The third-order valence-electron chi connectivity index (χ3n) is 3.65. The van der Waals surface area contributed by atoms with E-state index in [9.17, 15) is 14.4 Å². The molecule has 2 N–H and O–H groups in total. The second kappa shape index (κ2) is 9.27. The zero-order chi connectivity index (χ0) is 18.1. The number of nitrogens with zero attached hydrogens (tertiary/aromatic N) is 1. The van der Waals surface area contributed by atoms with E-state index in [1.165, 1.54) is 0 Å². The second-order valence-corrected chi connectivity index (χ2v) is 5.59. The van der Waals surface area contributed by atoms with Crippen LogP contribution >= 0.6 is 0 Å². The average Bonchev–Trinajstić information content (AvgIpc) is 3.11. The number of carbonyl (C=O) groups excluding carboxylic acids is 3. The first-order valence-corrected chi connectivity index (χ1v) is 7.96. The van der Waals surface area contributed by atoms with Gasteiger partial charge in [0.1, 0.15) is 5.75 Å². The van der Waals surface area contributed by atoms with Crippen LogP contribution in [0.3, 0.4) is 0 Å². The summed E-state index contributed by atoms with van der Waals surface area (Å²) in [4.78, 5) is 34.7. The number of imide groups is 1. The van der Waals surface area contributed by atoms with Crippen LogP contribution in [0.15, 0.2) is 24.3 Å². The van der Waals surface area contributed by atoms with Gasteiger partial charge >= 0.3 is 12.0 Å². The van der Waals surface area contributed by atoms with E-state index in [4.69, 9.17) is 14.7 Å². The predicted molar refractivity (Wildman–Crippen MR) is 86.5 cm³/mol. The minimum Gasteiger partial charge on any atom is -0.482 e. The number of benzene rings is 1. The molecule has 0 radical (unpaired) electrons. The van der Waals surface area contributed by atoms with Crippen LogP contribution in [0.1, 0.15) is 31.2 Å². The number of nitriles is 1. The molecule has 0 saturated heterocycles. The Bertz CT molecular complexity index is 660. The summed E-state index contributed by atoms with van der Waals surface area (Å²) in [7, 11) is 0. The molecule has 0 spiro atoms. The first-order valence-electron chi connectivity index (χ1n) is 7.96. The predicted octanol–water partition coefficient (Wildman–Crippen LogP) is 1.25. The fourth-order valence-electron chi connectivity index (χ4n) is 2.41. The van der Waals surface area contributed by atoms with Crippen molar-refractivity contribution in [3.05, 3.63) is 29.8 Å². The number of nitrogens with one attached hydrogen (secondary N) is 2. The highest BCUT2D eigenvalue weighted by molar-refractivity contribution is 5.95. The molecule has 0 atom stereocenters. The number of urea groups is 1. The van der Waals surface area contributed by atoms with Gasteiger partial charge in [-0.15, -0.1) is 0 Å². The molecule has 0 unspecified atom stereocenters. The van der Waals surface area contributed by atoms with Crippen molar-refractivity contribution in [2.45, 2.75) is 31.7 Å². The Morgan fingerprint density at radius 3 is 2.44 bits per heavy atom. The van der Waals surface area contributed by atoms with Crippen molar-refractivity contribution in [1.29, 1.82) is 5.26 Å². The largest absolute Gasteiger partial charge is 0.482 e. The smallest absolute Gasteiger partial charge is 0.344 e. The molecule has 8 nitrogen and oxygen atoms in total. The third kappa shape index (κ3) is 6.51. The molecule has 1 aliphatic rings. The molecule has 1 saturated carbocycles. The van der Waals surface area contributed by atoms with Crippen LogP contribution in [0.5, 0.6) is 5.75 Å². The zero-order valence-electron chi connectivity index (χ0n) is 13.6. The highest BCUT2D eigenvalue weighted by atomic mass is 16.6. The lowest BCUT2D eigenvalue weighted by Crippen LogP contribution is -2.45. The molecule has 1 fully saturated rings. The monoisotopic (exact) mass is 345 g/mol. The second-order valence-electron chi connectivity index (χ2n) is 5.59. The molecule has 0 bridgehead atoms. The van der Waals surface area contributed by atoms with Crippen molar-refractivity contribution in [2.24, 2.45) is 0 Å². The first kappa shape index (κ1) is 18.3. The van der Waals surface area contributed by atoms with Gasteiger partial charge in [-0.05, 0) is 37.1 Å². The quantitative estimate of drug-likeness (QED) is 0.749. The highest BCUT2D eigenvalue weighted by Gasteiger charge is 2.18. The molecule has 1 aliphatic carbocycles. The molecule has 2 rings (SSSR count). The van der Waals surface area contributed by atoms with Crippen LogP contribution in [0.25, 0.3) is 0 Å². The molecule has 0 aromatic heterocycles. The lowest BCUT2D eigenvalue weighted by atomic mass is 10.2. The van der Waals surface area contributed by atoms with Gasteiger partial charge < -0.3 is 14.8 Å². The van der Waals surface area contributed by atoms with Crippen molar-refractivity contribution in [2.75, 3.05) is 13.2 Å². The van der Waals surface area contributed by atoms with Crippen LogP contribution in [-0.2, 0) is 14.3 Å². The molecule has 0 aliphatic heterocycles. The lowest BCUT2D eigenvalue weighted by Gasteiger charge is -2.12. The van der Waals surface area contributed by atoms with Crippen LogP contribution in [0, 0.1) is 11.3 Å². The van der Waals surface area contributed by atoms with Crippen molar-refractivity contribution in [3.8, 4) is 11.8 Å². The van der Waals surface area contributed by atoms with E-state index >= 15 is 0 Å². The topological polar surface area (TPSA) is 118 Å². The van der Waals surface area contributed by atoms with Crippen molar-refractivity contribution in [1.82, 2.24) is 10.6 Å². The Morgan fingerprint density at radius 2 is 1.80 bits per heavy atom. The standard InChI is InChI=1S/C17H19N3O5/c18-9-12-5-7-14(8-6-12)24-11-16(22)25-10-15(21)20-17(23)19-13-3-1-2-4-13/h5-8,13H,1-4,10-11H2,(H2,19,20,21,23). The third-order valence-corrected chi connectivity index (χ3v) is 3.65. The van der Waals surface area contributed by atoms with Gasteiger partial charge in [-0.3, -0.25) is 10.1 Å². The maximum absolute atomic E-state index is 11.6. The number of ether oxygens (including phenoxy) is 2. The maximum Gasteiger partial charge on any atom is 0.344 e. The van der Waals surface area contributed by atoms with Gasteiger partial charge in [0.15, 0.2) is 13.2 Å². The van der Waals surface area contributed by atoms with Crippen LogP contribution < -0.4 is 15.4 Å². The Morgan fingerprint density at radius 1 is 1.12 bits per heavy atom. The van der Waals surface area contributed by atoms with E-state index < -0.39 is 24.5 Å². The van der Waals surface area contributed by atoms with Crippen LogP contribution in [0.2, 0.25) is 0 Å². The molecule has 3 amide bonds. The van der Waals surface area contributed by atoms with E-state index in [2.05, 4.69) is 10.6 Å². The minimum atomic E-state index is -0.740. The minimum absolute atomic E-state index is 0.0937. The summed E-state index contributed by atoms with van der Waals surface area (Å²) in [5.41, 5.74) is 0.475. The lowest BCUT2D eigenvalue weighted by molar-refractivity contribution is -0.150. The molecule has 132 valence electrons. The number of esters is 1. The molecule has 8 heteroatoms. The van der Waals surface area contributed by atoms with Gasteiger partial charge in [0.2, 0.25) is 0 Å². The average molecular weight is 345 g/mol. The molecule has 25 heavy (non-hydrogen) atoms. The van der Waals surface area contributed by atoms with Crippen molar-refractivity contribution >= 4 is 17.9 Å². The SMILES string of the molecule is N#Cc1ccc(OCC(=O)OCC(=O)NC(=O)NC2CCCC2)cc1. The molecular weight excluding hydrogens is 326 g/mol. The van der Waals surface area contributed by atoms with Gasteiger partial charge in [-0.2, -0.15) is 5.26 Å². The summed E-state index contributed by atoms with van der Waals surface area (Å²) in [5, 5.41) is 13.5. The Hall–Kier alpha value is -3.08. The Kier molecular flexibility index (Phi) is 6.77. The number of rotatable bonds is 6. The van der Waals surface area contributed by atoms with Crippen LogP contribution in [-0.4, -0.2) is 37.2 Å². The highest BCUT2D eigenvalue weighted by Crippen LogP contribution is 2.17. The van der Waals surface area contributed by atoms with E-state index in [0.717, 1.165) is 25.7 Å². The summed E-state index contributed by atoms with van der Waals surface area (Å²) < 4.78 is 9.91. The van der Waals surface area contributed by atoms with Crippen LogP contribution in [0.4, 0.5) is 4.79 Å².